The third-order valence-corrected chi connectivity index (χ3v) is 8.65. The van der Waals surface area contributed by atoms with E-state index >= 15 is 0 Å². The van der Waals surface area contributed by atoms with Crippen molar-refractivity contribution in [2.75, 3.05) is 11.4 Å². The van der Waals surface area contributed by atoms with Crippen molar-refractivity contribution in [2.45, 2.75) is 37.4 Å². The number of carbonyl (C=O) groups excluding carboxylic acids is 3. The smallest absolute Gasteiger partial charge is 0.269 e. The number of fused-ring (bicyclic) bond motifs is 2. The fourth-order valence-corrected chi connectivity index (χ4v) is 6.50. The van der Waals surface area contributed by atoms with Gasteiger partial charge < -0.3 is 0 Å². The summed E-state index contributed by atoms with van der Waals surface area (Å²) in [6.45, 7) is -0.421. The molecule has 0 N–H and O–H groups in total. The van der Waals surface area contributed by atoms with Crippen LogP contribution in [0.1, 0.15) is 36.4 Å². The van der Waals surface area contributed by atoms with Crippen LogP contribution in [0.5, 0.6) is 0 Å². The number of amides is 3. The van der Waals surface area contributed by atoms with E-state index in [0.717, 1.165) is 33.9 Å². The maximum Gasteiger partial charge on any atom is 0.269 e. The van der Waals surface area contributed by atoms with Crippen LogP contribution in [-0.2, 0) is 14.4 Å². The summed E-state index contributed by atoms with van der Waals surface area (Å²) in [4.78, 5) is 52.0. The van der Waals surface area contributed by atoms with E-state index in [2.05, 4.69) is 10.3 Å². The molecule has 2 fully saturated rings. The van der Waals surface area contributed by atoms with Gasteiger partial charge in [-0.1, -0.05) is 29.5 Å². The minimum atomic E-state index is -1.18. The number of imide groups is 1. The third kappa shape index (κ3) is 5.01. The summed E-state index contributed by atoms with van der Waals surface area (Å²) in [7, 11) is 0. The van der Waals surface area contributed by atoms with Gasteiger partial charge in [0.1, 0.15) is 18.2 Å². The van der Waals surface area contributed by atoms with E-state index in [0.29, 0.717) is 17.7 Å². The molecule has 0 bridgehead atoms. The van der Waals surface area contributed by atoms with Gasteiger partial charge in [-0.05, 0) is 78.4 Å². The van der Waals surface area contributed by atoms with Crippen LogP contribution >= 0.6 is 0 Å². The molecule has 3 heterocycles. The van der Waals surface area contributed by atoms with Crippen molar-refractivity contribution >= 4 is 40.9 Å². The second-order valence-corrected chi connectivity index (χ2v) is 11.4. The molecule has 232 valence electrons. The molecular weight excluding hydrogens is 600 g/mol. The van der Waals surface area contributed by atoms with Crippen LogP contribution in [0.15, 0.2) is 93.8 Å². The van der Waals surface area contributed by atoms with Gasteiger partial charge in [-0.2, -0.15) is 10.2 Å². The lowest BCUT2D eigenvalue weighted by molar-refractivity contribution is -0.384. The highest BCUT2D eigenvalue weighted by atomic mass is 19.1. The molecule has 4 atom stereocenters. The molecule has 4 aliphatic rings. The molecular formula is C32H25F2N7O5. The van der Waals surface area contributed by atoms with Gasteiger partial charge in [-0.3, -0.25) is 29.5 Å². The van der Waals surface area contributed by atoms with E-state index in [1.54, 1.807) is 24.3 Å². The van der Waals surface area contributed by atoms with Gasteiger partial charge >= 0.3 is 0 Å². The highest BCUT2D eigenvalue weighted by Gasteiger charge is 2.55. The number of hydrogen-bond acceptors (Lipinski definition) is 9. The van der Waals surface area contributed by atoms with E-state index in [1.807, 2.05) is 6.08 Å². The van der Waals surface area contributed by atoms with Crippen LogP contribution in [0.3, 0.4) is 0 Å². The first-order valence-electron chi connectivity index (χ1n) is 14.6. The summed E-state index contributed by atoms with van der Waals surface area (Å²) in [6, 6.07) is 14.0. The zero-order valence-electron chi connectivity index (χ0n) is 24.1. The molecule has 1 saturated heterocycles. The Morgan fingerprint density at radius 3 is 2.28 bits per heavy atom. The van der Waals surface area contributed by atoms with Gasteiger partial charge in [-0.25, -0.2) is 18.7 Å². The maximum absolute atomic E-state index is 14.0. The van der Waals surface area contributed by atoms with Crippen LogP contribution in [0.2, 0.25) is 0 Å². The van der Waals surface area contributed by atoms with Gasteiger partial charge in [0.05, 0.1) is 22.4 Å². The molecule has 7 rings (SSSR count). The molecule has 3 amide bonds. The number of carbonyl (C=O) groups is 3. The van der Waals surface area contributed by atoms with Gasteiger partial charge in [0.25, 0.3) is 23.4 Å². The van der Waals surface area contributed by atoms with Gasteiger partial charge in [0.15, 0.2) is 12.1 Å². The number of halogens is 2. The lowest BCUT2D eigenvalue weighted by Gasteiger charge is -2.30. The maximum atomic E-state index is 14.0. The number of benzene rings is 3. The highest BCUT2D eigenvalue weighted by molar-refractivity contribution is 6.25. The monoisotopic (exact) mass is 625 g/mol. The summed E-state index contributed by atoms with van der Waals surface area (Å²) >= 11 is 0. The Balaban J connectivity index is 1.17. The standard InChI is InChI=1S/C32H25F2N7O5/c33-21-8-4-18(5-9-21)16-20-2-1-3-25-27(20)36-40(29(25)19-6-10-22(34)11-7-19)26(42)17-38-30-28(35-37-38)31(43)39(32(30)44)23-12-14-24(15-13-23)41(45)46/h4-16,25,28-30H,1-3,17H2/b20-16-/t25-,28+,29+,30+/m0/s1. The van der Waals surface area contributed by atoms with Crippen molar-refractivity contribution in [1.29, 1.82) is 0 Å². The predicted octanol–water partition coefficient (Wildman–Crippen LogP) is 4.99. The van der Waals surface area contributed by atoms with Crippen molar-refractivity contribution in [3.8, 4) is 0 Å². The Morgan fingerprint density at radius 2 is 1.61 bits per heavy atom. The quantitative estimate of drug-likeness (QED) is 0.215. The number of hydrogen-bond donors (Lipinski definition) is 0. The zero-order chi connectivity index (χ0) is 32.1. The van der Waals surface area contributed by atoms with Crippen molar-refractivity contribution in [2.24, 2.45) is 21.4 Å². The molecule has 0 aromatic heterocycles. The third-order valence-electron chi connectivity index (χ3n) is 8.65. The average Bonchev–Trinajstić information content (AvgIpc) is 3.72. The van der Waals surface area contributed by atoms with E-state index in [1.165, 1.54) is 53.5 Å². The Bertz CT molecular complexity index is 1840. The Kier molecular flexibility index (Phi) is 7.18. The largest absolute Gasteiger partial charge is 0.271 e. The van der Waals surface area contributed by atoms with E-state index in [-0.39, 0.29) is 23.1 Å². The molecule has 3 aliphatic heterocycles. The summed E-state index contributed by atoms with van der Waals surface area (Å²) in [5.74, 6) is -2.81. The first kappa shape index (κ1) is 29.1. The number of non-ortho nitro benzene ring substituents is 1. The molecule has 14 heteroatoms. The number of nitrogens with zero attached hydrogens (tertiary/aromatic N) is 7. The second-order valence-electron chi connectivity index (χ2n) is 11.4. The van der Waals surface area contributed by atoms with Crippen LogP contribution in [0.4, 0.5) is 20.2 Å². The summed E-state index contributed by atoms with van der Waals surface area (Å²) < 4.78 is 27.4. The molecule has 3 aromatic rings. The molecule has 0 spiro atoms. The molecule has 1 saturated carbocycles. The summed E-state index contributed by atoms with van der Waals surface area (Å²) in [5.41, 5.74) is 3.02. The first-order valence-corrected chi connectivity index (χ1v) is 14.6. The summed E-state index contributed by atoms with van der Waals surface area (Å²) in [5, 5.41) is 26.3. The van der Waals surface area contributed by atoms with Crippen molar-refractivity contribution in [3.05, 3.63) is 111 Å². The lowest BCUT2D eigenvalue weighted by Crippen LogP contribution is -2.45. The number of anilines is 1. The number of nitro groups is 1. The lowest BCUT2D eigenvalue weighted by atomic mass is 9.77. The van der Waals surface area contributed by atoms with Crippen molar-refractivity contribution in [1.82, 2.24) is 10.0 Å². The average molecular weight is 626 g/mol. The van der Waals surface area contributed by atoms with Gasteiger partial charge in [0.2, 0.25) is 0 Å². The van der Waals surface area contributed by atoms with Crippen molar-refractivity contribution < 1.29 is 28.1 Å². The molecule has 0 unspecified atom stereocenters. The fraction of sp³-hybridized carbons (Fsp3) is 0.250. The SMILES string of the molecule is O=C1[C@@H]2N=NN(CC(=O)N3N=C4/C(=C\c5ccc(F)cc5)CCC[C@@H]4[C@H]3c3ccc(F)cc3)[C@H]2C(=O)N1c1ccc([N+](=O)[O-])cc1. The van der Waals surface area contributed by atoms with Crippen LogP contribution < -0.4 is 4.90 Å². The molecule has 1 aliphatic carbocycles. The predicted molar refractivity (Wildman–Crippen MR) is 160 cm³/mol. The van der Waals surface area contributed by atoms with E-state index in [9.17, 15) is 33.3 Å². The van der Waals surface area contributed by atoms with E-state index in [4.69, 9.17) is 5.10 Å². The normalized spacial score (nSPS) is 24.4. The van der Waals surface area contributed by atoms with Crippen LogP contribution in [0.25, 0.3) is 6.08 Å². The number of rotatable bonds is 6. The Morgan fingerprint density at radius 1 is 0.935 bits per heavy atom. The zero-order valence-corrected chi connectivity index (χ0v) is 24.1. The molecule has 46 heavy (non-hydrogen) atoms. The van der Waals surface area contributed by atoms with Gasteiger partial charge in [0, 0.05) is 18.1 Å². The first-order chi connectivity index (χ1) is 22.2. The topological polar surface area (TPSA) is 141 Å². The number of allylic oxidation sites excluding steroid dienone is 1. The molecule has 12 nitrogen and oxygen atoms in total. The van der Waals surface area contributed by atoms with E-state index < -0.39 is 53.1 Å². The molecule has 0 radical (unpaired) electrons. The minimum absolute atomic E-state index is 0.142. The molecule has 3 aromatic carbocycles. The fourth-order valence-electron chi connectivity index (χ4n) is 6.50. The Labute approximate surface area is 260 Å². The van der Waals surface area contributed by atoms with Crippen LogP contribution in [0, 0.1) is 27.7 Å². The van der Waals surface area contributed by atoms with Crippen LogP contribution in [-0.4, -0.2) is 57.0 Å². The number of hydrazone groups is 1. The Hall–Kier alpha value is -5.66. The summed E-state index contributed by atoms with van der Waals surface area (Å²) in [6.07, 6.45) is 4.16. The van der Waals surface area contributed by atoms with Crippen molar-refractivity contribution in [3.63, 3.8) is 0 Å². The van der Waals surface area contributed by atoms with Gasteiger partial charge in [-0.15, -0.1) is 0 Å². The second kappa shape index (κ2) is 11.4. The highest BCUT2D eigenvalue weighted by Crippen LogP contribution is 2.45. The number of nitro benzene ring substituents is 1. The minimum Gasteiger partial charge on any atom is -0.271 e.